The minimum Gasteiger partial charge on any atom is -0.308 e. The normalized spacial score (nSPS) is 20.8. The first-order valence-corrected chi connectivity index (χ1v) is 9.46. The van der Waals surface area contributed by atoms with Crippen LogP contribution in [0.2, 0.25) is 0 Å². The molecule has 0 amide bonds. The molecule has 112 valence electrons. The summed E-state index contributed by atoms with van der Waals surface area (Å²) in [5.41, 5.74) is 0. The van der Waals surface area contributed by atoms with Gasteiger partial charge in [-0.3, -0.25) is 0 Å². The first kappa shape index (κ1) is 16.4. The Morgan fingerprint density at radius 1 is 1.35 bits per heavy atom. The lowest BCUT2D eigenvalue weighted by Crippen LogP contribution is -2.41. The van der Waals surface area contributed by atoms with E-state index in [2.05, 4.69) is 31.9 Å². The van der Waals surface area contributed by atoms with E-state index in [-0.39, 0.29) is 6.04 Å². The van der Waals surface area contributed by atoms with Crippen LogP contribution in [0.3, 0.4) is 0 Å². The highest BCUT2D eigenvalue weighted by Gasteiger charge is 2.36. The number of rotatable bonds is 4. The Labute approximate surface area is 137 Å². The van der Waals surface area contributed by atoms with Gasteiger partial charge in [0.2, 0.25) is 10.0 Å². The summed E-state index contributed by atoms with van der Waals surface area (Å²) < 4.78 is 28.7. The number of halogens is 2. The van der Waals surface area contributed by atoms with Crippen LogP contribution in [0.1, 0.15) is 12.8 Å². The van der Waals surface area contributed by atoms with Crippen molar-refractivity contribution < 1.29 is 8.42 Å². The van der Waals surface area contributed by atoms with Gasteiger partial charge in [0.1, 0.15) is 0 Å². The zero-order valence-corrected chi connectivity index (χ0v) is 15.5. The van der Waals surface area contributed by atoms with Crippen LogP contribution in [-0.2, 0) is 10.0 Å². The summed E-state index contributed by atoms with van der Waals surface area (Å²) in [7, 11) is 0.500. The van der Waals surface area contributed by atoms with Crippen molar-refractivity contribution in [2.45, 2.75) is 23.8 Å². The summed E-state index contributed by atoms with van der Waals surface area (Å²) in [5.74, 6) is 0. The Morgan fingerprint density at radius 3 is 2.65 bits per heavy atom. The second-order valence-corrected chi connectivity index (χ2v) is 8.88. The molecule has 0 radical (unpaired) electrons. The summed E-state index contributed by atoms with van der Waals surface area (Å²) in [6, 6.07) is 5.23. The number of hydrogen-bond acceptors (Lipinski definition) is 3. The molecule has 1 unspecified atom stereocenters. The Kier molecular flexibility index (Phi) is 5.29. The lowest BCUT2D eigenvalue weighted by molar-refractivity contribution is 0.291. The topological polar surface area (TPSA) is 40.6 Å². The molecule has 7 heteroatoms. The number of nitrogens with zero attached hydrogens (tertiary/aromatic N) is 2. The highest BCUT2D eigenvalue weighted by molar-refractivity contribution is 9.11. The molecule has 1 fully saturated rings. The highest BCUT2D eigenvalue weighted by Crippen LogP contribution is 2.32. The van der Waals surface area contributed by atoms with Crippen molar-refractivity contribution in [2.75, 3.05) is 27.2 Å². The van der Waals surface area contributed by atoms with Gasteiger partial charge in [-0.2, -0.15) is 4.31 Å². The number of likely N-dealkylation sites (N-methyl/N-ethyl adjacent to an activating group) is 1. The van der Waals surface area contributed by atoms with Crippen LogP contribution in [0.4, 0.5) is 0 Å². The quantitative estimate of drug-likeness (QED) is 0.744. The summed E-state index contributed by atoms with van der Waals surface area (Å²) >= 11 is 6.70. The van der Waals surface area contributed by atoms with Crippen LogP contribution in [0.5, 0.6) is 0 Å². The molecule has 1 aromatic rings. The van der Waals surface area contributed by atoms with Crippen LogP contribution in [-0.4, -0.2) is 50.8 Å². The SMILES string of the molecule is CN(C)CC1CCCN1S(=O)(=O)c1ccc(Br)cc1Br. The fraction of sp³-hybridized carbons (Fsp3) is 0.538. The Morgan fingerprint density at radius 2 is 2.05 bits per heavy atom. The zero-order chi connectivity index (χ0) is 14.9. The third-order valence-electron chi connectivity index (χ3n) is 3.38. The Bertz CT molecular complexity index is 590. The maximum Gasteiger partial charge on any atom is 0.244 e. The van der Waals surface area contributed by atoms with Crippen molar-refractivity contribution in [1.82, 2.24) is 9.21 Å². The minimum absolute atomic E-state index is 0.0607. The minimum atomic E-state index is -3.44. The first-order chi connectivity index (χ1) is 9.32. The average molecular weight is 426 g/mol. The monoisotopic (exact) mass is 424 g/mol. The second-order valence-electron chi connectivity index (χ2n) is 5.25. The fourth-order valence-electron chi connectivity index (χ4n) is 2.54. The molecule has 1 atom stereocenters. The summed E-state index contributed by atoms with van der Waals surface area (Å²) in [6.07, 6.45) is 1.84. The van der Waals surface area contributed by atoms with Gasteiger partial charge in [0.25, 0.3) is 0 Å². The van der Waals surface area contributed by atoms with Crippen LogP contribution < -0.4 is 0 Å². The second kappa shape index (κ2) is 6.44. The van der Waals surface area contributed by atoms with Gasteiger partial charge in [-0.15, -0.1) is 0 Å². The van der Waals surface area contributed by atoms with Gasteiger partial charge in [0.05, 0.1) is 4.90 Å². The molecule has 1 saturated heterocycles. The molecule has 0 spiro atoms. The molecule has 1 aromatic carbocycles. The van der Waals surface area contributed by atoms with Crippen LogP contribution in [0.25, 0.3) is 0 Å². The first-order valence-electron chi connectivity index (χ1n) is 6.44. The van der Waals surface area contributed by atoms with Gasteiger partial charge in [0, 0.05) is 28.1 Å². The van der Waals surface area contributed by atoms with E-state index >= 15 is 0 Å². The zero-order valence-electron chi connectivity index (χ0n) is 11.5. The van der Waals surface area contributed by atoms with Crippen molar-refractivity contribution in [3.63, 3.8) is 0 Å². The molecule has 0 N–H and O–H groups in total. The smallest absolute Gasteiger partial charge is 0.244 e. The van der Waals surface area contributed by atoms with E-state index in [9.17, 15) is 8.42 Å². The summed E-state index contributed by atoms with van der Waals surface area (Å²) in [6.45, 7) is 1.36. The lowest BCUT2D eigenvalue weighted by Gasteiger charge is -2.26. The molecule has 0 saturated carbocycles. The van der Waals surface area contributed by atoms with E-state index in [1.54, 1.807) is 22.5 Å². The molecule has 20 heavy (non-hydrogen) atoms. The predicted octanol–water partition coefficient (Wildman–Crippen LogP) is 2.93. The summed E-state index contributed by atoms with van der Waals surface area (Å²) in [5, 5.41) is 0. The largest absolute Gasteiger partial charge is 0.308 e. The molecule has 1 heterocycles. The number of hydrogen-bond donors (Lipinski definition) is 0. The van der Waals surface area contributed by atoms with E-state index in [1.165, 1.54) is 0 Å². The van der Waals surface area contributed by atoms with Gasteiger partial charge in [0.15, 0.2) is 0 Å². The maximum atomic E-state index is 12.8. The molecule has 0 aromatic heterocycles. The van der Waals surface area contributed by atoms with Gasteiger partial charge in [-0.1, -0.05) is 15.9 Å². The van der Waals surface area contributed by atoms with E-state index in [0.29, 0.717) is 15.9 Å². The van der Waals surface area contributed by atoms with Crippen molar-refractivity contribution in [2.24, 2.45) is 0 Å². The predicted molar refractivity (Wildman–Crippen MR) is 87.3 cm³/mol. The van der Waals surface area contributed by atoms with E-state index in [4.69, 9.17) is 0 Å². The molecule has 2 rings (SSSR count). The molecular weight excluding hydrogens is 408 g/mol. The van der Waals surface area contributed by atoms with Crippen molar-refractivity contribution in [3.05, 3.63) is 27.1 Å². The summed E-state index contributed by atoms with van der Waals surface area (Å²) in [4.78, 5) is 2.38. The van der Waals surface area contributed by atoms with Gasteiger partial charge >= 0.3 is 0 Å². The number of sulfonamides is 1. The lowest BCUT2D eigenvalue weighted by atomic mass is 10.2. The number of benzene rings is 1. The van der Waals surface area contributed by atoms with Gasteiger partial charge in [-0.05, 0) is 61.1 Å². The molecule has 1 aliphatic rings. The third kappa shape index (κ3) is 3.44. The van der Waals surface area contributed by atoms with Crippen LogP contribution in [0.15, 0.2) is 32.0 Å². The molecule has 0 aliphatic carbocycles. The van der Waals surface area contributed by atoms with Crippen molar-refractivity contribution >= 4 is 41.9 Å². The molecule has 4 nitrogen and oxygen atoms in total. The standard InChI is InChI=1S/C13H18Br2N2O2S/c1-16(2)9-11-4-3-7-17(11)20(18,19)13-6-5-10(14)8-12(13)15/h5-6,8,11H,3-4,7,9H2,1-2H3. The molecule has 0 bridgehead atoms. The Balaban J connectivity index is 2.34. The third-order valence-corrected chi connectivity index (χ3v) is 6.80. The van der Waals surface area contributed by atoms with Crippen LogP contribution >= 0.6 is 31.9 Å². The van der Waals surface area contributed by atoms with E-state index in [0.717, 1.165) is 23.9 Å². The van der Waals surface area contributed by atoms with E-state index < -0.39 is 10.0 Å². The molecule has 1 aliphatic heterocycles. The highest BCUT2D eigenvalue weighted by atomic mass is 79.9. The maximum absolute atomic E-state index is 12.8. The fourth-order valence-corrected chi connectivity index (χ4v) is 5.93. The van der Waals surface area contributed by atoms with Crippen molar-refractivity contribution in [1.29, 1.82) is 0 Å². The Hall–Kier alpha value is 0.0500. The van der Waals surface area contributed by atoms with E-state index in [1.807, 2.05) is 19.0 Å². The molecular formula is C13H18Br2N2O2S. The van der Waals surface area contributed by atoms with Gasteiger partial charge < -0.3 is 4.90 Å². The van der Waals surface area contributed by atoms with Crippen molar-refractivity contribution in [3.8, 4) is 0 Å². The van der Waals surface area contributed by atoms with Crippen LogP contribution in [0, 0.1) is 0 Å². The average Bonchev–Trinajstić information content (AvgIpc) is 2.76. The van der Waals surface area contributed by atoms with Gasteiger partial charge in [-0.25, -0.2) is 8.42 Å².